The van der Waals surface area contributed by atoms with Gasteiger partial charge in [-0.15, -0.1) is 0 Å². The van der Waals surface area contributed by atoms with Crippen LogP contribution in [0.3, 0.4) is 0 Å². The fourth-order valence-corrected chi connectivity index (χ4v) is 0.521. The summed E-state index contributed by atoms with van der Waals surface area (Å²) in [6.45, 7) is 0. The minimum absolute atomic E-state index is 0. The van der Waals surface area contributed by atoms with E-state index in [1.807, 2.05) is 0 Å². The van der Waals surface area contributed by atoms with Crippen molar-refractivity contribution in [1.82, 2.24) is 0 Å². The molecule has 0 aliphatic carbocycles. The van der Waals surface area contributed by atoms with Gasteiger partial charge in [-0.3, -0.25) is 4.79 Å². The molecule has 2 nitrogen and oxygen atoms in total. The fourth-order valence-electron chi connectivity index (χ4n) is 0.521. The molecule has 0 spiro atoms. The molecule has 0 bridgehead atoms. The van der Waals surface area contributed by atoms with Crippen LogP contribution < -0.4 is 5.43 Å². The summed E-state index contributed by atoms with van der Waals surface area (Å²) in [6, 6.07) is 7.55. The molecule has 0 amide bonds. The molecule has 1 aromatic rings. The Labute approximate surface area is 88.5 Å². The molecule has 0 radical (unpaired) electrons. The van der Waals surface area contributed by atoms with Crippen LogP contribution in [-0.2, 0) is 0 Å². The second-order valence-electron chi connectivity index (χ2n) is 1.66. The molecule has 3 heteroatoms. The summed E-state index contributed by atoms with van der Waals surface area (Å²) >= 11 is 0. The van der Waals surface area contributed by atoms with Crippen molar-refractivity contribution >= 4 is 37.7 Å². The van der Waals surface area contributed by atoms with Crippen LogP contribution in [0, 0.1) is 0 Å². The molecule has 0 fully saturated rings. The fraction of sp³-hybridized carbons (Fsp3) is 0. The van der Waals surface area contributed by atoms with Crippen LogP contribution in [0.4, 0.5) is 0 Å². The Kier molecular flexibility index (Phi) is 4.69. The van der Waals surface area contributed by atoms with Crippen molar-refractivity contribution in [2.45, 2.75) is 0 Å². The Morgan fingerprint density at radius 3 is 2.40 bits per heavy atom. The maximum absolute atomic E-state index is 10.6. The predicted octanol–water partition coefficient (Wildman–Crippen LogP) is 0.372. The van der Waals surface area contributed by atoms with Crippen LogP contribution in [-0.4, -0.2) is 42.8 Å². The third kappa shape index (κ3) is 2.69. The summed E-state index contributed by atoms with van der Waals surface area (Å²) in [5, 5.41) is 8.77. The van der Waals surface area contributed by atoms with E-state index in [4.69, 9.17) is 5.11 Å². The minimum Gasteiger partial charge on any atom is -0.504 e. The Morgan fingerprint density at radius 1 is 1.10 bits per heavy atom. The first-order chi connectivity index (χ1) is 4.30. The van der Waals surface area contributed by atoms with Gasteiger partial charge in [-0.25, -0.2) is 0 Å². The van der Waals surface area contributed by atoms with Gasteiger partial charge in [0, 0.05) is 0 Å². The average Bonchev–Trinajstić information content (AvgIpc) is 1.99. The first-order valence-corrected chi connectivity index (χ1v) is 2.59. The summed E-state index contributed by atoms with van der Waals surface area (Å²) in [5.74, 6) is -0.208. The second-order valence-corrected chi connectivity index (χ2v) is 1.66. The Balaban J connectivity index is 0.000000810. The Morgan fingerprint density at radius 2 is 1.70 bits per heavy atom. The number of rotatable bonds is 0. The van der Waals surface area contributed by atoms with E-state index in [0.29, 0.717) is 0 Å². The standard InChI is InChI=1S/C7H6O2.Ca/c8-6-4-2-1-3-5-7(6)9;/h1-5H,(H,8,9);/q;+2. The zero-order valence-corrected chi connectivity index (χ0v) is 7.66. The van der Waals surface area contributed by atoms with Crippen LogP contribution in [0.5, 0.6) is 5.75 Å². The van der Waals surface area contributed by atoms with Gasteiger partial charge in [0.05, 0.1) is 0 Å². The normalized spacial score (nSPS) is 8.00. The molecule has 0 aliphatic rings. The summed E-state index contributed by atoms with van der Waals surface area (Å²) in [5.41, 5.74) is -0.347. The molecular formula is C7H6CaO2+2. The van der Waals surface area contributed by atoms with Gasteiger partial charge in [-0.2, -0.15) is 0 Å². The summed E-state index contributed by atoms with van der Waals surface area (Å²) in [4.78, 5) is 10.6. The summed E-state index contributed by atoms with van der Waals surface area (Å²) in [6.07, 6.45) is 0. The molecule has 0 unspecified atom stereocenters. The van der Waals surface area contributed by atoms with Crippen molar-refractivity contribution in [3.63, 3.8) is 0 Å². The zero-order valence-electron chi connectivity index (χ0n) is 5.45. The maximum atomic E-state index is 10.6. The van der Waals surface area contributed by atoms with E-state index >= 15 is 0 Å². The van der Waals surface area contributed by atoms with Crippen LogP contribution >= 0.6 is 0 Å². The maximum Gasteiger partial charge on any atom is 2.00 e. The van der Waals surface area contributed by atoms with E-state index in [1.54, 1.807) is 18.2 Å². The van der Waals surface area contributed by atoms with Gasteiger partial charge in [-0.05, 0) is 12.1 Å². The Hall–Kier alpha value is -0.0503. The zero-order chi connectivity index (χ0) is 6.69. The smallest absolute Gasteiger partial charge is 0.504 e. The first kappa shape index (κ1) is 9.95. The molecule has 0 aromatic heterocycles. The van der Waals surface area contributed by atoms with Crippen molar-refractivity contribution in [3.8, 4) is 5.75 Å². The topological polar surface area (TPSA) is 37.3 Å². The van der Waals surface area contributed by atoms with E-state index in [1.165, 1.54) is 12.1 Å². The van der Waals surface area contributed by atoms with E-state index in [2.05, 4.69) is 0 Å². The van der Waals surface area contributed by atoms with Crippen LogP contribution in [0.1, 0.15) is 0 Å². The Bertz CT molecular complexity index is 259. The molecule has 0 heterocycles. The predicted molar refractivity (Wildman–Crippen MR) is 40.1 cm³/mol. The molecule has 0 saturated heterocycles. The molecule has 1 rings (SSSR count). The summed E-state index contributed by atoms with van der Waals surface area (Å²) < 4.78 is 0. The van der Waals surface area contributed by atoms with E-state index in [-0.39, 0.29) is 48.9 Å². The number of hydrogen-bond acceptors (Lipinski definition) is 2. The van der Waals surface area contributed by atoms with Gasteiger partial charge in [0.2, 0.25) is 5.43 Å². The molecule has 1 N–H and O–H groups in total. The van der Waals surface area contributed by atoms with Crippen molar-refractivity contribution in [1.29, 1.82) is 0 Å². The molecular weight excluding hydrogens is 156 g/mol. The van der Waals surface area contributed by atoms with Gasteiger partial charge < -0.3 is 5.11 Å². The van der Waals surface area contributed by atoms with Gasteiger partial charge in [0.1, 0.15) is 0 Å². The van der Waals surface area contributed by atoms with E-state index < -0.39 is 0 Å². The average molecular weight is 162 g/mol. The van der Waals surface area contributed by atoms with Gasteiger partial charge in [0.25, 0.3) is 0 Å². The van der Waals surface area contributed by atoms with Gasteiger partial charge in [-0.1, -0.05) is 18.2 Å². The third-order valence-electron chi connectivity index (χ3n) is 0.976. The minimum atomic E-state index is -0.347. The van der Waals surface area contributed by atoms with Gasteiger partial charge >= 0.3 is 37.7 Å². The van der Waals surface area contributed by atoms with Gasteiger partial charge in [0.15, 0.2) is 5.75 Å². The quantitative estimate of drug-likeness (QED) is 0.560. The number of hydrogen-bond donors (Lipinski definition) is 1. The second kappa shape index (κ2) is 4.72. The molecule has 0 saturated carbocycles. The number of aromatic hydroxyl groups is 1. The molecule has 0 aliphatic heterocycles. The van der Waals surface area contributed by atoms with Crippen molar-refractivity contribution in [3.05, 3.63) is 40.6 Å². The van der Waals surface area contributed by atoms with E-state index in [0.717, 1.165) is 0 Å². The van der Waals surface area contributed by atoms with Crippen LogP contribution in [0.15, 0.2) is 35.1 Å². The monoisotopic (exact) mass is 162 g/mol. The molecule has 0 atom stereocenters. The molecule has 10 heavy (non-hydrogen) atoms. The third-order valence-corrected chi connectivity index (χ3v) is 0.976. The van der Waals surface area contributed by atoms with Crippen molar-refractivity contribution in [2.24, 2.45) is 0 Å². The first-order valence-electron chi connectivity index (χ1n) is 2.59. The van der Waals surface area contributed by atoms with Crippen molar-refractivity contribution in [2.75, 3.05) is 0 Å². The molecule has 46 valence electrons. The SMILES string of the molecule is O=c1cccccc1O.[Ca+2]. The van der Waals surface area contributed by atoms with Crippen molar-refractivity contribution < 1.29 is 5.11 Å². The van der Waals surface area contributed by atoms with Crippen LogP contribution in [0.25, 0.3) is 0 Å². The summed E-state index contributed by atoms with van der Waals surface area (Å²) in [7, 11) is 0. The van der Waals surface area contributed by atoms with Crippen LogP contribution in [0.2, 0.25) is 0 Å². The largest absolute Gasteiger partial charge is 2.00 e. The van der Waals surface area contributed by atoms with E-state index in [9.17, 15) is 4.79 Å². The molecule has 1 aromatic carbocycles.